The number of carbonyl (C=O) groups is 1. The number of aryl methyl sites for hydroxylation is 2. The van der Waals surface area contributed by atoms with Gasteiger partial charge in [0.25, 0.3) is 5.91 Å². The highest BCUT2D eigenvalue weighted by molar-refractivity contribution is 7.16. The minimum Gasteiger partial charge on any atom is -0.463 e. The molecular weight excluding hydrogens is 394 g/mol. The maximum Gasteiger partial charge on any atom is 0.261 e. The topological polar surface area (TPSA) is 59.2 Å². The van der Waals surface area contributed by atoms with Crippen LogP contribution in [0.4, 0.5) is 5.13 Å². The molecule has 1 aromatic carbocycles. The lowest BCUT2D eigenvalue weighted by Crippen LogP contribution is -2.31. The number of rotatable bonds is 5. The fourth-order valence-corrected chi connectivity index (χ4v) is 5.03. The molecule has 30 heavy (non-hydrogen) atoms. The molecule has 0 N–H and O–H groups in total. The monoisotopic (exact) mass is 415 g/mol. The van der Waals surface area contributed by atoms with E-state index in [1.54, 1.807) is 28.6 Å². The Hall–Kier alpha value is -3.25. The number of aromatic nitrogens is 2. The second kappa shape index (κ2) is 7.88. The van der Waals surface area contributed by atoms with Crippen LogP contribution in [-0.4, -0.2) is 22.4 Å². The molecular formula is C24H21N3O2S. The molecule has 0 unspecified atom stereocenters. The third-order valence-corrected chi connectivity index (χ3v) is 6.52. The van der Waals surface area contributed by atoms with Crippen LogP contribution in [0, 0.1) is 0 Å². The van der Waals surface area contributed by atoms with Crippen molar-refractivity contribution in [1.29, 1.82) is 0 Å². The largest absolute Gasteiger partial charge is 0.463 e. The van der Waals surface area contributed by atoms with Gasteiger partial charge in [-0.2, -0.15) is 0 Å². The standard InChI is InChI=1S/C24H21N3O2S/c1-2-13-27(24-26-19-10-5-6-12-22(19)30-24)23(28)17-15-20(21-11-7-14-29-21)25-18-9-4-3-8-16(17)18/h2-4,7-9,11,14-15H,1,5-6,10,12-13H2. The minimum atomic E-state index is -0.104. The first-order valence-corrected chi connectivity index (χ1v) is 10.9. The van der Waals surface area contributed by atoms with Gasteiger partial charge in [0.05, 0.1) is 23.0 Å². The summed E-state index contributed by atoms with van der Waals surface area (Å²) >= 11 is 1.63. The molecule has 0 spiro atoms. The first-order chi connectivity index (χ1) is 14.7. The molecule has 3 aromatic heterocycles. The maximum absolute atomic E-state index is 13.8. The molecule has 5 nitrogen and oxygen atoms in total. The molecule has 4 aromatic rings. The molecule has 0 fully saturated rings. The summed E-state index contributed by atoms with van der Waals surface area (Å²) < 4.78 is 5.54. The van der Waals surface area contributed by atoms with Gasteiger partial charge in [0.1, 0.15) is 5.69 Å². The third-order valence-electron chi connectivity index (χ3n) is 5.34. The van der Waals surface area contributed by atoms with Crippen molar-refractivity contribution in [3.05, 3.63) is 77.5 Å². The Balaban J connectivity index is 1.63. The number of furan rings is 1. The number of fused-ring (bicyclic) bond motifs is 2. The van der Waals surface area contributed by atoms with Gasteiger partial charge in [-0.3, -0.25) is 9.69 Å². The average molecular weight is 416 g/mol. The van der Waals surface area contributed by atoms with E-state index in [9.17, 15) is 4.79 Å². The van der Waals surface area contributed by atoms with Crippen molar-refractivity contribution in [3.63, 3.8) is 0 Å². The summed E-state index contributed by atoms with van der Waals surface area (Å²) in [5, 5.41) is 1.56. The van der Waals surface area contributed by atoms with Crippen LogP contribution < -0.4 is 4.90 Å². The summed E-state index contributed by atoms with van der Waals surface area (Å²) in [4.78, 5) is 26.3. The second-order valence-electron chi connectivity index (χ2n) is 7.33. The summed E-state index contributed by atoms with van der Waals surface area (Å²) in [5.74, 6) is 0.530. The van der Waals surface area contributed by atoms with Crippen LogP contribution in [0.1, 0.15) is 33.8 Å². The molecule has 6 heteroatoms. The fourth-order valence-electron chi connectivity index (χ4n) is 3.88. The molecule has 1 aliphatic rings. The molecule has 3 heterocycles. The number of hydrogen-bond acceptors (Lipinski definition) is 5. The van der Waals surface area contributed by atoms with Crippen molar-refractivity contribution >= 4 is 33.3 Å². The van der Waals surface area contributed by atoms with E-state index in [1.165, 1.54) is 11.3 Å². The van der Waals surface area contributed by atoms with E-state index in [2.05, 4.69) is 6.58 Å². The highest BCUT2D eigenvalue weighted by atomic mass is 32.1. The molecule has 0 saturated heterocycles. The normalized spacial score (nSPS) is 13.2. The lowest BCUT2D eigenvalue weighted by molar-refractivity contribution is 0.0991. The van der Waals surface area contributed by atoms with Crippen molar-refractivity contribution in [3.8, 4) is 11.5 Å². The Morgan fingerprint density at radius 1 is 1.17 bits per heavy atom. The van der Waals surface area contributed by atoms with Gasteiger partial charge >= 0.3 is 0 Å². The van der Waals surface area contributed by atoms with Crippen molar-refractivity contribution in [2.75, 3.05) is 11.4 Å². The zero-order valence-corrected chi connectivity index (χ0v) is 17.3. The van der Waals surface area contributed by atoms with E-state index in [1.807, 2.05) is 42.5 Å². The van der Waals surface area contributed by atoms with Crippen LogP contribution in [0.3, 0.4) is 0 Å². The number of hydrogen-bond donors (Lipinski definition) is 0. The van der Waals surface area contributed by atoms with Gasteiger partial charge in [0.2, 0.25) is 0 Å². The highest BCUT2D eigenvalue weighted by Crippen LogP contribution is 2.34. The predicted molar refractivity (Wildman–Crippen MR) is 120 cm³/mol. The van der Waals surface area contributed by atoms with E-state index in [0.717, 1.165) is 41.0 Å². The van der Waals surface area contributed by atoms with Crippen LogP contribution in [0.25, 0.3) is 22.4 Å². The van der Waals surface area contributed by atoms with Crippen LogP contribution in [0.5, 0.6) is 0 Å². The number of nitrogens with zero attached hydrogens (tertiary/aromatic N) is 3. The number of benzene rings is 1. The molecule has 150 valence electrons. The number of amides is 1. The third kappa shape index (κ3) is 3.33. The lowest BCUT2D eigenvalue weighted by atomic mass is 10.0. The zero-order valence-electron chi connectivity index (χ0n) is 16.5. The van der Waals surface area contributed by atoms with Gasteiger partial charge in [-0.15, -0.1) is 17.9 Å². The molecule has 0 atom stereocenters. The average Bonchev–Trinajstić information content (AvgIpc) is 3.46. The van der Waals surface area contributed by atoms with Gasteiger partial charge in [0.15, 0.2) is 10.9 Å². The predicted octanol–water partition coefficient (Wildman–Crippen LogP) is 5.66. The smallest absolute Gasteiger partial charge is 0.261 e. The Kier molecular flexibility index (Phi) is 4.93. The van der Waals surface area contributed by atoms with Crippen molar-refractivity contribution in [2.24, 2.45) is 0 Å². The quantitative estimate of drug-likeness (QED) is 0.395. The summed E-state index contributed by atoms with van der Waals surface area (Å²) in [6, 6.07) is 13.2. The number of para-hydroxylation sites is 1. The molecule has 1 amide bonds. The molecule has 5 rings (SSSR count). The first kappa shape index (κ1) is 18.8. The van der Waals surface area contributed by atoms with Gasteiger partial charge in [-0.25, -0.2) is 9.97 Å². The Bertz CT molecular complexity index is 1200. The zero-order chi connectivity index (χ0) is 20.5. The fraction of sp³-hybridized carbons (Fsp3) is 0.208. The van der Waals surface area contributed by atoms with Gasteiger partial charge in [-0.05, 0) is 49.9 Å². The van der Waals surface area contributed by atoms with Crippen LogP contribution in [-0.2, 0) is 12.8 Å². The van der Waals surface area contributed by atoms with E-state index in [0.29, 0.717) is 23.6 Å². The minimum absolute atomic E-state index is 0.104. The number of thiazole rings is 1. The SMILES string of the molecule is C=CCN(C(=O)c1cc(-c2ccco2)nc2ccccc12)c1nc2c(s1)CCCC2. The second-order valence-corrected chi connectivity index (χ2v) is 8.39. The molecule has 0 saturated carbocycles. The Morgan fingerprint density at radius 2 is 2.03 bits per heavy atom. The maximum atomic E-state index is 13.8. The number of carbonyl (C=O) groups excluding carboxylic acids is 1. The van der Waals surface area contributed by atoms with Crippen LogP contribution in [0.15, 0.2) is 65.8 Å². The molecule has 0 radical (unpaired) electrons. The van der Waals surface area contributed by atoms with E-state index in [4.69, 9.17) is 14.4 Å². The molecule has 0 aliphatic heterocycles. The van der Waals surface area contributed by atoms with Crippen molar-refractivity contribution < 1.29 is 9.21 Å². The molecule has 0 bridgehead atoms. The van der Waals surface area contributed by atoms with Crippen LogP contribution in [0.2, 0.25) is 0 Å². The van der Waals surface area contributed by atoms with Gasteiger partial charge in [0, 0.05) is 16.8 Å². The van der Waals surface area contributed by atoms with Gasteiger partial charge in [-0.1, -0.05) is 24.3 Å². The summed E-state index contributed by atoms with van der Waals surface area (Å²) in [6.45, 7) is 4.26. The Labute approximate surface area is 178 Å². The number of anilines is 1. The molecule has 1 aliphatic carbocycles. The van der Waals surface area contributed by atoms with E-state index >= 15 is 0 Å². The Morgan fingerprint density at radius 3 is 2.83 bits per heavy atom. The summed E-state index contributed by atoms with van der Waals surface area (Å²) in [6.07, 6.45) is 7.73. The lowest BCUT2D eigenvalue weighted by Gasteiger charge is -2.19. The van der Waals surface area contributed by atoms with Crippen molar-refractivity contribution in [2.45, 2.75) is 25.7 Å². The first-order valence-electron chi connectivity index (χ1n) is 10.1. The van der Waals surface area contributed by atoms with Crippen molar-refractivity contribution in [1.82, 2.24) is 9.97 Å². The van der Waals surface area contributed by atoms with Crippen LogP contribution >= 0.6 is 11.3 Å². The summed E-state index contributed by atoms with van der Waals surface area (Å²) in [5.41, 5.74) is 3.12. The highest BCUT2D eigenvalue weighted by Gasteiger charge is 2.25. The number of pyridine rings is 1. The summed E-state index contributed by atoms with van der Waals surface area (Å²) in [7, 11) is 0. The van der Waals surface area contributed by atoms with E-state index < -0.39 is 0 Å². The van der Waals surface area contributed by atoms with E-state index in [-0.39, 0.29) is 5.91 Å². The van der Waals surface area contributed by atoms with Gasteiger partial charge < -0.3 is 4.42 Å².